The summed E-state index contributed by atoms with van der Waals surface area (Å²) in [5.41, 5.74) is 0.826. The summed E-state index contributed by atoms with van der Waals surface area (Å²) in [5, 5.41) is 10.2. The Bertz CT molecular complexity index is 321. The van der Waals surface area contributed by atoms with E-state index in [2.05, 4.69) is 4.98 Å². The van der Waals surface area contributed by atoms with Gasteiger partial charge in [0.1, 0.15) is 0 Å². The fourth-order valence-corrected chi connectivity index (χ4v) is 2.33. The number of aromatic nitrogens is 1. The van der Waals surface area contributed by atoms with Crippen LogP contribution in [0.5, 0.6) is 5.88 Å². The Morgan fingerprint density at radius 1 is 1.47 bits per heavy atom. The Morgan fingerprint density at radius 2 is 2.20 bits per heavy atom. The fraction of sp³-hybridized carbons (Fsp3) is 0.583. The van der Waals surface area contributed by atoms with Gasteiger partial charge in [-0.15, -0.1) is 0 Å². The van der Waals surface area contributed by atoms with Gasteiger partial charge >= 0.3 is 0 Å². The van der Waals surface area contributed by atoms with Crippen LogP contribution in [0.4, 0.5) is 0 Å². The number of hydrogen-bond donors (Lipinski definition) is 1. The molecule has 1 N–H and O–H groups in total. The van der Waals surface area contributed by atoms with Crippen molar-refractivity contribution in [3.8, 4) is 5.88 Å². The first kappa shape index (κ1) is 10.4. The topological polar surface area (TPSA) is 42.4 Å². The Hall–Kier alpha value is -1.09. The van der Waals surface area contributed by atoms with Crippen LogP contribution < -0.4 is 4.74 Å². The zero-order valence-corrected chi connectivity index (χ0v) is 9.02. The molecule has 0 spiro atoms. The van der Waals surface area contributed by atoms with Crippen molar-refractivity contribution in [3.63, 3.8) is 0 Å². The molecular weight excluding hydrogens is 190 g/mol. The molecule has 1 aromatic heterocycles. The smallest absolute Gasteiger partial charge is 0.218 e. The maximum absolute atomic E-state index is 10.2. The zero-order chi connectivity index (χ0) is 10.7. The van der Waals surface area contributed by atoms with E-state index >= 15 is 0 Å². The van der Waals surface area contributed by atoms with Crippen molar-refractivity contribution < 1.29 is 9.84 Å². The van der Waals surface area contributed by atoms with Gasteiger partial charge in [0.25, 0.3) is 0 Å². The average molecular weight is 207 g/mol. The summed E-state index contributed by atoms with van der Waals surface area (Å²) in [7, 11) is 1.59. The first-order chi connectivity index (χ1) is 7.33. The molecule has 15 heavy (non-hydrogen) atoms. The number of nitrogens with zero attached hydrogens (tertiary/aromatic N) is 1. The maximum Gasteiger partial charge on any atom is 0.218 e. The summed E-state index contributed by atoms with van der Waals surface area (Å²) in [4.78, 5) is 4.11. The van der Waals surface area contributed by atoms with Gasteiger partial charge in [0, 0.05) is 11.8 Å². The summed E-state index contributed by atoms with van der Waals surface area (Å²) in [5.74, 6) is 0.931. The first-order valence-electron chi connectivity index (χ1n) is 5.50. The number of ether oxygens (including phenoxy) is 1. The van der Waals surface area contributed by atoms with E-state index in [1.807, 2.05) is 12.1 Å². The van der Waals surface area contributed by atoms with Crippen LogP contribution >= 0.6 is 0 Å². The van der Waals surface area contributed by atoms with Gasteiger partial charge in [0.15, 0.2) is 0 Å². The minimum absolute atomic E-state index is 0.378. The van der Waals surface area contributed by atoms with E-state index in [1.54, 1.807) is 13.3 Å². The molecule has 0 radical (unpaired) electrons. The van der Waals surface area contributed by atoms with E-state index in [4.69, 9.17) is 4.74 Å². The summed E-state index contributed by atoms with van der Waals surface area (Å²) in [6.07, 6.45) is 5.94. The lowest BCUT2D eigenvalue weighted by molar-refractivity contribution is 0.108. The number of aliphatic hydroxyl groups is 1. The molecule has 0 amide bonds. The third-order valence-corrected chi connectivity index (χ3v) is 3.16. The molecule has 1 aliphatic rings. The SMILES string of the molecule is COc1ncccc1C(O)C1CCCC1. The van der Waals surface area contributed by atoms with Crippen molar-refractivity contribution in [3.05, 3.63) is 23.9 Å². The van der Waals surface area contributed by atoms with Crippen molar-refractivity contribution in [2.24, 2.45) is 5.92 Å². The van der Waals surface area contributed by atoms with Gasteiger partial charge in [-0.2, -0.15) is 0 Å². The normalized spacial score (nSPS) is 19.1. The average Bonchev–Trinajstić information content (AvgIpc) is 2.81. The molecule has 1 atom stereocenters. The largest absolute Gasteiger partial charge is 0.481 e. The van der Waals surface area contributed by atoms with E-state index < -0.39 is 6.10 Å². The molecule has 0 saturated heterocycles. The third-order valence-electron chi connectivity index (χ3n) is 3.16. The van der Waals surface area contributed by atoms with Crippen LogP contribution in [-0.4, -0.2) is 17.2 Å². The van der Waals surface area contributed by atoms with Gasteiger partial charge in [-0.1, -0.05) is 12.8 Å². The molecule has 0 aliphatic heterocycles. The predicted molar refractivity (Wildman–Crippen MR) is 57.7 cm³/mol. The van der Waals surface area contributed by atoms with Crippen molar-refractivity contribution in [1.29, 1.82) is 0 Å². The predicted octanol–water partition coefficient (Wildman–Crippen LogP) is 2.31. The molecule has 1 saturated carbocycles. The molecule has 2 rings (SSSR count). The van der Waals surface area contributed by atoms with Gasteiger partial charge in [0.05, 0.1) is 13.2 Å². The molecule has 1 unspecified atom stereocenters. The molecule has 3 heteroatoms. The quantitative estimate of drug-likeness (QED) is 0.827. The molecular formula is C12H17NO2. The lowest BCUT2D eigenvalue weighted by Gasteiger charge is -2.19. The van der Waals surface area contributed by atoms with Crippen LogP contribution in [0, 0.1) is 5.92 Å². The number of methoxy groups -OCH3 is 1. The Morgan fingerprint density at radius 3 is 2.87 bits per heavy atom. The van der Waals surface area contributed by atoms with Crippen molar-refractivity contribution in [2.75, 3.05) is 7.11 Å². The lowest BCUT2D eigenvalue weighted by Crippen LogP contribution is -2.10. The second-order valence-corrected chi connectivity index (χ2v) is 4.09. The van der Waals surface area contributed by atoms with Gasteiger partial charge < -0.3 is 9.84 Å². The summed E-state index contributed by atoms with van der Waals surface area (Å²) in [6, 6.07) is 3.74. The Balaban J connectivity index is 2.19. The van der Waals surface area contributed by atoms with Crippen LogP contribution in [0.25, 0.3) is 0 Å². The van der Waals surface area contributed by atoms with Gasteiger partial charge in [-0.25, -0.2) is 4.98 Å². The first-order valence-corrected chi connectivity index (χ1v) is 5.50. The highest BCUT2D eigenvalue weighted by atomic mass is 16.5. The fourth-order valence-electron chi connectivity index (χ4n) is 2.33. The molecule has 0 aromatic carbocycles. The van der Waals surface area contributed by atoms with Crippen LogP contribution in [0.2, 0.25) is 0 Å². The number of pyridine rings is 1. The highest BCUT2D eigenvalue weighted by molar-refractivity contribution is 5.28. The monoisotopic (exact) mass is 207 g/mol. The van der Waals surface area contributed by atoms with Gasteiger partial charge in [-0.3, -0.25) is 0 Å². The highest BCUT2D eigenvalue weighted by Gasteiger charge is 2.26. The van der Waals surface area contributed by atoms with Gasteiger partial charge in [0.2, 0.25) is 5.88 Å². The van der Waals surface area contributed by atoms with Crippen LogP contribution in [0.1, 0.15) is 37.4 Å². The van der Waals surface area contributed by atoms with Gasteiger partial charge in [-0.05, 0) is 30.9 Å². The molecule has 1 aromatic rings. The second kappa shape index (κ2) is 4.62. The number of rotatable bonds is 3. The van der Waals surface area contributed by atoms with E-state index in [-0.39, 0.29) is 0 Å². The van der Waals surface area contributed by atoms with Crippen LogP contribution in [0.15, 0.2) is 18.3 Å². The number of aliphatic hydroxyl groups excluding tert-OH is 1. The highest BCUT2D eigenvalue weighted by Crippen LogP contribution is 2.37. The maximum atomic E-state index is 10.2. The minimum Gasteiger partial charge on any atom is -0.481 e. The minimum atomic E-state index is -0.420. The molecule has 1 aliphatic carbocycles. The molecule has 0 bridgehead atoms. The third kappa shape index (κ3) is 2.12. The molecule has 1 fully saturated rings. The summed E-state index contributed by atoms with van der Waals surface area (Å²) in [6.45, 7) is 0. The van der Waals surface area contributed by atoms with Crippen molar-refractivity contribution >= 4 is 0 Å². The van der Waals surface area contributed by atoms with Crippen molar-refractivity contribution in [2.45, 2.75) is 31.8 Å². The zero-order valence-electron chi connectivity index (χ0n) is 9.02. The second-order valence-electron chi connectivity index (χ2n) is 4.09. The van der Waals surface area contributed by atoms with E-state index in [9.17, 15) is 5.11 Å². The van der Waals surface area contributed by atoms with E-state index in [1.165, 1.54) is 12.8 Å². The lowest BCUT2D eigenvalue weighted by atomic mass is 9.95. The summed E-state index contributed by atoms with van der Waals surface area (Å²) >= 11 is 0. The van der Waals surface area contributed by atoms with E-state index in [0.717, 1.165) is 18.4 Å². The molecule has 1 heterocycles. The number of hydrogen-bond acceptors (Lipinski definition) is 3. The molecule has 82 valence electrons. The van der Waals surface area contributed by atoms with Crippen LogP contribution in [-0.2, 0) is 0 Å². The Labute approximate surface area is 90.1 Å². The summed E-state index contributed by atoms with van der Waals surface area (Å²) < 4.78 is 5.15. The van der Waals surface area contributed by atoms with Crippen molar-refractivity contribution in [1.82, 2.24) is 4.98 Å². The Kier molecular flexibility index (Phi) is 3.21. The standard InChI is InChI=1S/C12H17NO2/c1-15-12-10(7-4-8-13-12)11(14)9-5-2-3-6-9/h4,7-9,11,14H,2-3,5-6H2,1H3. The molecule has 3 nitrogen and oxygen atoms in total. The van der Waals surface area contributed by atoms with Crippen LogP contribution in [0.3, 0.4) is 0 Å². The van der Waals surface area contributed by atoms with E-state index in [0.29, 0.717) is 11.8 Å².